The van der Waals surface area contributed by atoms with Gasteiger partial charge in [0.1, 0.15) is 0 Å². The number of aliphatic hydroxyl groups is 1. The molecule has 0 radical (unpaired) electrons. The Balaban J connectivity index is 1.34. The molecular weight excluding hydrogens is 595 g/mol. The lowest BCUT2D eigenvalue weighted by Gasteiger charge is -2.31. The standard InChI is InChI=1S/C30H41N2O9PS/c1-19(2)15-32(43(38,39)23-10-8-22(9-11-23)42(35,36)37)16-28(33)27(12-20-6-4-3-5-7-20)31-29(34)14-24-21-13-25-26(24)18-41-30(25)40-17-21/h3-11,19,21,24-28,30,33H,12-18H2,1-2H3,(H,31,34)(H2,35,36,37)/t21?,24-,25?,26-,27-,28+,30-/m0/s1. The predicted molar refractivity (Wildman–Crippen MR) is 159 cm³/mol. The highest BCUT2D eigenvalue weighted by Gasteiger charge is 2.54. The number of carbonyl (C=O) groups is 1. The van der Waals surface area contributed by atoms with E-state index in [1.807, 2.05) is 44.2 Å². The number of aliphatic hydroxyl groups excluding tert-OH is 1. The number of carbonyl (C=O) groups excluding carboxylic acids is 1. The van der Waals surface area contributed by atoms with Crippen molar-refractivity contribution in [2.24, 2.45) is 29.6 Å². The molecule has 4 N–H and O–H groups in total. The van der Waals surface area contributed by atoms with E-state index in [4.69, 9.17) is 9.47 Å². The topological polar surface area (TPSA) is 163 Å². The van der Waals surface area contributed by atoms with E-state index < -0.39 is 29.8 Å². The molecule has 0 aromatic heterocycles. The van der Waals surface area contributed by atoms with E-state index in [0.29, 0.717) is 31.5 Å². The van der Waals surface area contributed by atoms with Gasteiger partial charge in [0.25, 0.3) is 0 Å². The van der Waals surface area contributed by atoms with Gasteiger partial charge >= 0.3 is 7.60 Å². The second-order valence-corrected chi connectivity index (χ2v) is 16.0. The molecule has 2 unspecified atom stereocenters. The Morgan fingerprint density at radius 2 is 1.70 bits per heavy atom. The molecule has 11 nitrogen and oxygen atoms in total. The van der Waals surface area contributed by atoms with E-state index >= 15 is 0 Å². The molecule has 43 heavy (non-hydrogen) atoms. The molecule has 3 aliphatic rings. The van der Waals surface area contributed by atoms with Crippen LogP contribution in [0.3, 0.4) is 0 Å². The lowest BCUT2D eigenvalue weighted by atomic mass is 9.86. The molecule has 1 amide bonds. The molecule has 7 atom stereocenters. The third-order valence-corrected chi connectivity index (χ3v) is 11.7. The van der Waals surface area contributed by atoms with Crippen LogP contribution in [0.25, 0.3) is 0 Å². The van der Waals surface area contributed by atoms with Gasteiger partial charge in [-0.05, 0) is 66.3 Å². The maximum Gasteiger partial charge on any atom is 0.356 e. The summed E-state index contributed by atoms with van der Waals surface area (Å²) in [5, 5.41) is 14.3. The van der Waals surface area contributed by atoms with Gasteiger partial charge < -0.3 is 29.7 Å². The van der Waals surface area contributed by atoms with Crippen LogP contribution < -0.4 is 10.6 Å². The number of nitrogens with one attached hydrogen (secondary N) is 1. The van der Waals surface area contributed by atoms with Crippen LogP contribution in [-0.2, 0) is 35.3 Å². The highest BCUT2D eigenvalue weighted by Crippen LogP contribution is 2.52. The zero-order valence-corrected chi connectivity index (χ0v) is 26.1. The van der Waals surface area contributed by atoms with Crippen molar-refractivity contribution >= 4 is 28.8 Å². The fourth-order valence-corrected chi connectivity index (χ4v) is 8.92. The average molecular weight is 637 g/mol. The molecule has 0 spiro atoms. The highest BCUT2D eigenvalue weighted by atomic mass is 32.2. The molecule has 2 aliphatic heterocycles. The van der Waals surface area contributed by atoms with Crippen LogP contribution in [0, 0.1) is 29.6 Å². The maximum atomic E-state index is 13.7. The van der Waals surface area contributed by atoms with Crippen LogP contribution in [-0.4, -0.2) is 78.3 Å². The van der Waals surface area contributed by atoms with Crippen LogP contribution in [0.2, 0.25) is 0 Å². The molecule has 2 bridgehead atoms. The number of rotatable bonds is 13. The minimum absolute atomic E-state index is 0.0834. The molecule has 1 aliphatic carbocycles. The average Bonchev–Trinajstić information content (AvgIpc) is 3.49. The second kappa shape index (κ2) is 13.1. The van der Waals surface area contributed by atoms with Gasteiger partial charge in [0.15, 0.2) is 6.29 Å². The summed E-state index contributed by atoms with van der Waals surface area (Å²) in [6.07, 6.45) is 0.152. The summed E-state index contributed by atoms with van der Waals surface area (Å²) in [5.74, 6) is 0.715. The predicted octanol–water partition coefficient (Wildman–Crippen LogP) is 1.87. The van der Waals surface area contributed by atoms with Crippen LogP contribution in [0.1, 0.15) is 32.3 Å². The largest absolute Gasteiger partial charge is 0.390 e. The van der Waals surface area contributed by atoms with Gasteiger partial charge in [0.2, 0.25) is 15.9 Å². The first-order valence-electron chi connectivity index (χ1n) is 14.7. The van der Waals surface area contributed by atoms with Crippen molar-refractivity contribution in [2.45, 2.75) is 56.4 Å². The minimum atomic E-state index is -4.54. The Hall–Kier alpha value is -2.15. The van der Waals surface area contributed by atoms with Crippen LogP contribution in [0.15, 0.2) is 59.5 Å². The fraction of sp³-hybridized carbons (Fsp3) is 0.567. The number of benzene rings is 2. The molecule has 2 aromatic carbocycles. The van der Waals surface area contributed by atoms with E-state index in [1.165, 1.54) is 4.31 Å². The molecular formula is C30H41N2O9PS. The van der Waals surface area contributed by atoms with E-state index in [0.717, 1.165) is 36.2 Å². The number of hydrogen-bond donors (Lipinski definition) is 4. The van der Waals surface area contributed by atoms with Crippen molar-refractivity contribution in [1.82, 2.24) is 9.62 Å². The summed E-state index contributed by atoms with van der Waals surface area (Å²) in [4.78, 5) is 32.2. The SMILES string of the molecule is CC(C)CN(C[C@@H](O)[C@H](Cc1ccccc1)NC(=O)C[C@H]1C2CO[C@H]3OC[C@@H]1C3C2)S(=O)(=O)c1ccc(P(=O)(O)O)cc1. The van der Waals surface area contributed by atoms with Crippen molar-refractivity contribution in [2.75, 3.05) is 26.3 Å². The quantitative estimate of drug-likeness (QED) is 0.241. The Morgan fingerprint density at radius 3 is 2.35 bits per heavy atom. The smallest absolute Gasteiger partial charge is 0.356 e. The molecule has 2 heterocycles. The monoisotopic (exact) mass is 636 g/mol. The van der Waals surface area contributed by atoms with Crippen LogP contribution in [0.4, 0.5) is 0 Å². The zero-order chi connectivity index (χ0) is 30.9. The number of nitrogens with zero attached hydrogens (tertiary/aromatic N) is 1. The summed E-state index contributed by atoms with van der Waals surface area (Å²) in [6, 6.07) is 13.1. The minimum Gasteiger partial charge on any atom is -0.390 e. The van der Waals surface area contributed by atoms with Gasteiger partial charge in [0.05, 0.1) is 35.6 Å². The van der Waals surface area contributed by atoms with E-state index in [9.17, 15) is 32.7 Å². The molecule has 2 aromatic rings. The van der Waals surface area contributed by atoms with E-state index in [1.54, 1.807) is 0 Å². The number of sulfonamides is 1. The number of ether oxygens (including phenoxy) is 2. The summed E-state index contributed by atoms with van der Waals surface area (Å²) in [7, 11) is -8.69. The molecule has 2 saturated heterocycles. The number of hydrogen-bond acceptors (Lipinski definition) is 7. The Kier molecular flexibility index (Phi) is 9.80. The first-order chi connectivity index (χ1) is 20.3. The molecule has 5 rings (SSSR count). The number of amides is 1. The Labute approximate surface area is 252 Å². The van der Waals surface area contributed by atoms with Crippen molar-refractivity contribution < 1.29 is 42.1 Å². The molecule has 3 fully saturated rings. The van der Waals surface area contributed by atoms with Gasteiger partial charge in [-0.3, -0.25) is 9.36 Å². The molecule has 236 valence electrons. The van der Waals surface area contributed by atoms with Crippen LogP contribution >= 0.6 is 7.60 Å². The summed E-state index contributed by atoms with van der Waals surface area (Å²) in [6.45, 7) is 4.68. The zero-order valence-electron chi connectivity index (χ0n) is 24.4. The second-order valence-electron chi connectivity index (χ2n) is 12.4. The molecule has 13 heteroatoms. The fourth-order valence-electron chi connectivity index (χ4n) is 6.76. The van der Waals surface area contributed by atoms with Gasteiger partial charge in [-0.2, -0.15) is 4.31 Å². The van der Waals surface area contributed by atoms with Crippen molar-refractivity contribution in [3.05, 3.63) is 60.2 Å². The van der Waals surface area contributed by atoms with Crippen molar-refractivity contribution in [1.29, 1.82) is 0 Å². The lowest BCUT2D eigenvalue weighted by molar-refractivity contribution is -0.165. The lowest BCUT2D eigenvalue weighted by Crippen LogP contribution is -2.51. The van der Waals surface area contributed by atoms with Gasteiger partial charge in [0, 0.05) is 25.4 Å². The Morgan fingerprint density at radius 1 is 1.02 bits per heavy atom. The third-order valence-electron chi connectivity index (χ3n) is 8.86. The van der Waals surface area contributed by atoms with Crippen LogP contribution in [0.5, 0.6) is 0 Å². The third kappa shape index (κ3) is 7.40. The summed E-state index contributed by atoms with van der Waals surface area (Å²) in [5.41, 5.74) is 0.885. The first-order valence-corrected chi connectivity index (χ1v) is 17.8. The van der Waals surface area contributed by atoms with Crippen molar-refractivity contribution in [3.63, 3.8) is 0 Å². The summed E-state index contributed by atoms with van der Waals surface area (Å²) < 4.78 is 51.8. The van der Waals surface area contributed by atoms with Gasteiger partial charge in [-0.1, -0.05) is 44.2 Å². The number of fused-ring (bicyclic) bond motifs is 1. The van der Waals surface area contributed by atoms with Gasteiger partial charge in [-0.25, -0.2) is 8.42 Å². The molecule has 1 saturated carbocycles. The van der Waals surface area contributed by atoms with Gasteiger partial charge in [-0.15, -0.1) is 0 Å². The van der Waals surface area contributed by atoms with E-state index in [-0.39, 0.29) is 59.7 Å². The summed E-state index contributed by atoms with van der Waals surface area (Å²) >= 11 is 0. The van der Waals surface area contributed by atoms with Crippen molar-refractivity contribution in [3.8, 4) is 0 Å². The van der Waals surface area contributed by atoms with E-state index in [2.05, 4.69) is 5.32 Å². The normalized spacial score (nSPS) is 26.5. The highest BCUT2D eigenvalue weighted by molar-refractivity contribution is 7.89. The maximum absolute atomic E-state index is 13.7. The first kappa shape index (κ1) is 32.2. The Bertz CT molecular complexity index is 1420.